The van der Waals surface area contributed by atoms with Gasteiger partial charge >= 0.3 is 0 Å². The summed E-state index contributed by atoms with van der Waals surface area (Å²) in [5, 5.41) is 0. The molecule has 0 bridgehead atoms. The molecule has 1 aromatic carbocycles. The molecule has 2 rings (SSSR count). The van der Waals surface area contributed by atoms with E-state index < -0.39 is 0 Å². The Morgan fingerprint density at radius 3 is 2.33 bits per heavy atom. The Bertz CT molecular complexity index is 615. The molecule has 0 radical (unpaired) electrons. The smallest absolute Gasteiger partial charge is 0.253 e. The third kappa shape index (κ3) is 2.22. The zero-order chi connectivity index (χ0) is 13.3. The van der Waals surface area contributed by atoms with Gasteiger partial charge in [0.05, 0.1) is 0 Å². The summed E-state index contributed by atoms with van der Waals surface area (Å²) in [4.78, 5) is 11.7. The minimum absolute atomic E-state index is 0.0500. The van der Waals surface area contributed by atoms with Crippen LogP contribution < -0.4 is 11.3 Å². The van der Waals surface area contributed by atoms with Gasteiger partial charge in [-0.05, 0) is 42.2 Å². The molecule has 0 fully saturated rings. The molecule has 1 aromatic heterocycles. The Morgan fingerprint density at radius 2 is 1.78 bits per heavy atom. The highest BCUT2D eigenvalue weighted by Gasteiger charge is 2.05. The van der Waals surface area contributed by atoms with Gasteiger partial charge in [-0.2, -0.15) is 0 Å². The van der Waals surface area contributed by atoms with Gasteiger partial charge in [0.15, 0.2) is 0 Å². The van der Waals surface area contributed by atoms with Crippen LogP contribution in [0, 0.1) is 13.8 Å². The third-order valence-electron chi connectivity index (χ3n) is 3.26. The van der Waals surface area contributed by atoms with Crippen molar-refractivity contribution >= 4 is 0 Å². The standard InChI is InChI=1S/C15H18N2O/c1-10-6-12(4-5-13(10)8-16)14-7-11(2)15(18)17(3)9-14/h4-7,9H,8,16H2,1-3H3. The number of nitrogens with two attached hydrogens (primary N) is 1. The molecule has 0 saturated carbocycles. The minimum atomic E-state index is 0.0500. The molecule has 0 aliphatic carbocycles. The van der Waals surface area contributed by atoms with Crippen LogP contribution in [0.1, 0.15) is 16.7 Å². The third-order valence-corrected chi connectivity index (χ3v) is 3.26. The van der Waals surface area contributed by atoms with Gasteiger partial charge in [-0.1, -0.05) is 18.2 Å². The second kappa shape index (κ2) is 4.78. The zero-order valence-corrected chi connectivity index (χ0v) is 11.0. The van der Waals surface area contributed by atoms with E-state index in [0.29, 0.717) is 6.54 Å². The van der Waals surface area contributed by atoms with Crippen LogP contribution in [0.15, 0.2) is 35.3 Å². The Hall–Kier alpha value is -1.87. The van der Waals surface area contributed by atoms with Crippen molar-refractivity contribution in [2.24, 2.45) is 12.8 Å². The van der Waals surface area contributed by atoms with Crippen LogP contribution in [0.25, 0.3) is 11.1 Å². The highest BCUT2D eigenvalue weighted by Crippen LogP contribution is 2.22. The molecule has 0 saturated heterocycles. The molecule has 2 N–H and O–H groups in total. The molecule has 0 unspecified atom stereocenters. The van der Waals surface area contributed by atoms with Crippen molar-refractivity contribution in [3.8, 4) is 11.1 Å². The molecule has 0 spiro atoms. The largest absolute Gasteiger partial charge is 0.326 e. The van der Waals surface area contributed by atoms with E-state index >= 15 is 0 Å². The van der Waals surface area contributed by atoms with E-state index in [1.54, 1.807) is 11.6 Å². The molecule has 2 aromatic rings. The van der Waals surface area contributed by atoms with Crippen molar-refractivity contribution in [1.82, 2.24) is 4.57 Å². The maximum Gasteiger partial charge on any atom is 0.253 e. The number of aryl methyl sites for hydroxylation is 3. The van der Waals surface area contributed by atoms with Crippen molar-refractivity contribution < 1.29 is 0 Å². The second-order valence-electron chi connectivity index (χ2n) is 4.67. The molecular weight excluding hydrogens is 224 g/mol. The van der Waals surface area contributed by atoms with Crippen molar-refractivity contribution in [2.45, 2.75) is 20.4 Å². The maximum atomic E-state index is 11.7. The van der Waals surface area contributed by atoms with Gasteiger partial charge in [0, 0.05) is 25.4 Å². The summed E-state index contributed by atoms with van der Waals surface area (Å²) < 4.78 is 1.62. The average Bonchev–Trinajstić information content (AvgIpc) is 2.35. The molecule has 18 heavy (non-hydrogen) atoms. The predicted molar refractivity (Wildman–Crippen MR) is 74.5 cm³/mol. The van der Waals surface area contributed by atoms with Crippen LogP contribution in [0.2, 0.25) is 0 Å². The van der Waals surface area contributed by atoms with E-state index in [1.807, 2.05) is 25.3 Å². The van der Waals surface area contributed by atoms with Crippen LogP contribution in [-0.4, -0.2) is 4.57 Å². The van der Waals surface area contributed by atoms with Gasteiger partial charge in [0.1, 0.15) is 0 Å². The second-order valence-corrected chi connectivity index (χ2v) is 4.67. The van der Waals surface area contributed by atoms with Gasteiger partial charge < -0.3 is 10.3 Å². The van der Waals surface area contributed by atoms with E-state index in [4.69, 9.17) is 5.73 Å². The molecule has 0 aliphatic heterocycles. The Labute approximate surface area is 107 Å². The lowest BCUT2D eigenvalue weighted by Crippen LogP contribution is -2.18. The molecule has 3 nitrogen and oxygen atoms in total. The number of aromatic nitrogens is 1. The predicted octanol–water partition coefficient (Wildman–Crippen LogP) is 2.13. The van der Waals surface area contributed by atoms with Crippen LogP contribution in [-0.2, 0) is 13.6 Å². The normalized spacial score (nSPS) is 10.7. The molecule has 1 heterocycles. The fourth-order valence-electron chi connectivity index (χ4n) is 2.14. The van der Waals surface area contributed by atoms with Crippen molar-refractivity contribution in [1.29, 1.82) is 0 Å². The first-order valence-corrected chi connectivity index (χ1v) is 6.00. The van der Waals surface area contributed by atoms with Crippen molar-refractivity contribution in [2.75, 3.05) is 0 Å². The number of pyridine rings is 1. The Morgan fingerprint density at radius 1 is 1.11 bits per heavy atom. The van der Waals surface area contributed by atoms with Gasteiger partial charge in [-0.15, -0.1) is 0 Å². The highest BCUT2D eigenvalue weighted by molar-refractivity contribution is 5.64. The highest BCUT2D eigenvalue weighted by atomic mass is 16.1. The molecular formula is C15H18N2O. The van der Waals surface area contributed by atoms with Gasteiger partial charge in [0.25, 0.3) is 5.56 Å². The first-order valence-electron chi connectivity index (χ1n) is 6.00. The number of hydrogen-bond donors (Lipinski definition) is 1. The number of rotatable bonds is 2. The maximum absolute atomic E-state index is 11.7. The van der Waals surface area contributed by atoms with Gasteiger partial charge in [-0.25, -0.2) is 0 Å². The summed E-state index contributed by atoms with van der Waals surface area (Å²) in [6.45, 7) is 4.45. The van der Waals surface area contributed by atoms with Gasteiger partial charge in [0.2, 0.25) is 0 Å². The van der Waals surface area contributed by atoms with Crippen molar-refractivity contribution in [3.63, 3.8) is 0 Å². The summed E-state index contributed by atoms with van der Waals surface area (Å²) in [7, 11) is 1.78. The van der Waals surface area contributed by atoms with Gasteiger partial charge in [-0.3, -0.25) is 4.79 Å². The summed E-state index contributed by atoms with van der Waals surface area (Å²) in [5.74, 6) is 0. The molecule has 0 amide bonds. The van der Waals surface area contributed by atoms with Crippen molar-refractivity contribution in [3.05, 3.63) is 57.5 Å². The lowest BCUT2D eigenvalue weighted by atomic mass is 10.0. The lowest BCUT2D eigenvalue weighted by molar-refractivity contribution is 0.850. The Balaban J connectivity index is 2.56. The first-order chi connectivity index (χ1) is 8.52. The molecule has 0 aliphatic rings. The summed E-state index contributed by atoms with van der Waals surface area (Å²) >= 11 is 0. The fourth-order valence-corrected chi connectivity index (χ4v) is 2.14. The minimum Gasteiger partial charge on any atom is -0.326 e. The number of benzene rings is 1. The molecule has 3 heteroatoms. The topological polar surface area (TPSA) is 48.0 Å². The number of hydrogen-bond acceptors (Lipinski definition) is 2. The van der Waals surface area contributed by atoms with E-state index in [-0.39, 0.29) is 5.56 Å². The molecule has 94 valence electrons. The van der Waals surface area contributed by atoms with Crippen LogP contribution in [0.4, 0.5) is 0 Å². The van der Waals surface area contributed by atoms with Crippen LogP contribution in [0.3, 0.4) is 0 Å². The molecule has 0 atom stereocenters. The van der Waals surface area contributed by atoms with Crippen LogP contribution >= 0.6 is 0 Å². The van der Waals surface area contributed by atoms with E-state index in [9.17, 15) is 4.79 Å². The van der Waals surface area contributed by atoms with Crippen LogP contribution in [0.5, 0.6) is 0 Å². The summed E-state index contributed by atoms with van der Waals surface area (Å²) in [5.41, 5.74) is 11.0. The first kappa shape index (κ1) is 12.6. The monoisotopic (exact) mass is 242 g/mol. The summed E-state index contributed by atoms with van der Waals surface area (Å²) in [6.07, 6.45) is 1.87. The van der Waals surface area contributed by atoms with E-state index in [0.717, 1.165) is 22.3 Å². The summed E-state index contributed by atoms with van der Waals surface area (Å²) in [6, 6.07) is 8.14. The SMILES string of the molecule is Cc1cc(-c2cc(C)c(=O)n(C)c2)ccc1CN. The number of nitrogens with zero attached hydrogens (tertiary/aromatic N) is 1. The van der Waals surface area contributed by atoms with E-state index in [2.05, 4.69) is 19.1 Å². The fraction of sp³-hybridized carbons (Fsp3) is 0.267. The average molecular weight is 242 g/mol. The zero-order valence-electron chi connectivity index (χ0n) is 11.0. The quantitative estimate of drug-likeness (QED) is 0.877. The van der Waals surface area contributed by atoms with E-state index in [1.165, 1.54) is 5.56 Å². The lowest BCUT2D eigenvalue weighted by Gasteiger charge is -2.09. The Kier molecular flexibility index (Phi) is 3.34.